The van der Waals surface area contributed by atoms with Gasteiger partial charge in [-0.15, -0.1) is 10.2 Å². The molecule has 25 heavy (non-hydrogen) atoms. The van der Waals surface area contributed by atoms with Gasteiger partial charge in [0, 0.05) is 12.6 Å². The van der Waals surface area contributed by atoms with Gasteiger partial charge in [0.1, 0.15) is 5.75 Å². The molecule has 1 aromatic heterocycles. The zero-order chi connectivity index (χ0) is 18.0. The van der Waals surface area contributed by atoms with Crippen LogP contribution in [0.1, 0.15) is 46.0 Å². The second-order valence-corrected chi connectivity index (χ2v) is 10.4. The van der Waals surface area contributed by atoms with Crippen molar-refractivity contribution in [2.45, 2.75) is 56.3 Å². The topological polar surface area (TPSA) is 101 Å². The number of aromatic nitrogens is 2. The van der Waals surface area contributed by atoms with E-state index in [4.69, 9.17) is 0 Å². The van der Waals surface area contributed by atoms with Gasteiger partial charge in [-0.2, -0.15) is 0 Å². The molecule has 1 aromatic rings. The summed E-state index contributed by atoms with van der Waals surface area (Å²) in [7, 11) is -3.75. The summed E-state index contributed by atoms with van der Waals surface area (Å²) in [4.78, 5) is 12.2. The predicted octanol–water partition coefficient (Wildman–Crippen LogP) is 2.07. The Kier molecular flexibility index (Phi) is 5.62. The normalized spacial score (nSPS) is 26.6. The molecule has 2 saturated carbocycles. The molecule has 2 aliphatic rings. The Morgan fingerprint density at radius 3 is 2.76 bits per heavy atom. The van der Waals surface area contributed by atoms with Gasteiger partial charge in [-0.1, -0.05) is 24.7 Å². The van der Waals surface area contributed by atoms with E-state index in [1.54, 1.807) is 0 Å². The first kappa shape index (κ1) is 18.6. The molecule has 0 aromatic carbocycles. The lowest BCUT2D eigenvalue weighted by Crippen LogP contribution is -2.42. The van der Waals surface area contributed by atoms with Gasteiger partial charge in [-0.05, 0) is 50.4 Å². The first-order chi connectivity index (χ1) is 11.9. The van der Waals surface area contributed by atoms with Crippen LogP contribution in [0.15, 0.2) is 4.34 Å². The fourth-order valence-electron chi connectivity index (χ4n) is 4.18. The van der Waals surface area contributed by atoms with E-state index in [2.05, 4.69) is 20.8 Å². The monoisotopic (exact) mass is 386 g/mol. The minimum absolute atomic E-state index is 0.0224. The van der Waals surface area contributed by atoms with Crippen LogP contribution in [0, 0.1) is 17.8 Å². The summed E-state index contributed by atoms with van der Waals surface area (Å²) >= 11 is 0.974. The third kappa shape index (κ3) is 4.31. The minimum Gasteiger partial charge on any atom is -0.360 e. The molecule has 2 N–H and O–H groups in total. The lowest BCUT2D eigenvalue weighted by molar-refractivity contribution is -0.119. The van der Waals surface area contributed by atoms with Crippen molar-refractivity contribution in [3.05, 3.63) is 0 Å². The molecule has 0 spiro atoms. The van der Waals surface area contributed by atoms with Crippen molar-refractivity contribution in [3.8, 4) is 0 Å². The van der Waals surface area contributed by atoms with E-state index >= 15 is 0 Å². The number of hydrogen-bond donors (Lipinski definition) is 2. The molecule has 2 bridgehead atoms. The number of amides is 1. The van der Waals surface area contributed by atoms with Gasteiger partial charge in [0.2, 0.25) is 25.2 Å². The molecule has 1 heterocycles. The molecule has 2 aliphatic carbocycles. The lowest BCUT2D eigenvalue weighted by atomic mass is 9.84. The summed E-state index contributed by atoms with van der Waals surface area (Å²) < 4.78 is 24.7. The SMILES string of the molecule is CCCNc1nnc(S(=O)(=O)CC(=O)NC(C)C2CC3CCC2C3)s1. The summed E-state index contributed by atoms with van der Waals surface area (Å²) in [6.07, 6.45) is 5.88. The van der Waals surface area contributed by atoms with Crippen LogP contribution in [-0.4, -0.2) is 42.9 Å². The summed E-state index contributed by atoms with van der Waals surface area (Å²) in [6, 6.07) is 0.0224. The van der Waals surface area contributed by atoms with Crippen LogP contribution >= 0.6 is 11.3 Å². The predicted molar refractivity (Wildman–Crippen MR) is 97.3 cm³/mol. The molecular formula is C16H26N4O3S2. The number of nitrogens with zero attached hydrogens (tertiary/aromatic N) is 2. The molecule has 3 rings (SSSR count). The van der Waals surface area contributed by atoms with Crippen LogP contribution in [0.4, 0.5) is 5.13 Å². The van der Waals surface area contributed by atoms with Crippen molar-refractivity contribution in [2.24, 2.45) is 17.8 Å². The van der Waals surface area contributed by atoms with Crippen LogP contribution in [0.25, 0.3) is 0 Å². The van der Waals surface area contributed by atoms with E-state index in [9.17, 15) is 13.2 Å². The Morgan fingerprint density at radius 1 is 1.32 bits per heavy atom. The van der Waals surface area contributed by atoms with E-state index < -0.39 is 21.5 Å². The highest BCUT2D eigenvalue weighted by Gasteiger charge is 2.42. The molecule has 0 saturated heterocycles. The number of carbonyl (C=O) groups is 1. The molecular weight excluding hydrogens is 360 g/mol. The molecule has 0 aliphatic heterocycles. The summed E-state index contributed by atoms with van der Waals surface area (Å²) in [5, 5.41) is 13.9. The van der Waals surface area contributed by atoms with E-state index in [0.29, 0.717) is 23.5 Å². The Bertz CT molecular complexity index is 719. The lowest BCUT2D eigenvalue weighted by Gasteiger charge is -2.28. The van der Waals surface area contributed by atoms with Crippen LogP contribution in [0.2, 0.25) is 0 Å². The summed E-state index contributed by atoms with van der Waals surface area (Å²) in [5.41, 5.74) is 0. The van der Waals surface area contributed by atoms with E-state index in [-0.39, 0.29) is 10.4 Å². The van der Waals surface area contributed by atoms with Gasteiger partial charge in [0.25, 0.3) is 0 Å². The molecule has 2 fully saturated rings. The largest absolute Gasteiger partial charge is 0.360 e. The number of carbonyl (C=O) groups excluding carboxylic acids is 1. The third-order valence-corrected chi connectivity index (χ3v) is 8.29. The maximum absolute atomic E-state index is 12.4. The number of anilines is 1. The Labute approximate surface area is 152 Å². The van der Waals surface area contributed by atoms with Gasteiger partial charge in [0.15, 0.2) is 0 Å². The van der Waals surface area contributed by atoms with Crippen molar-refractivity contribution < 1.29 is 13.2 Å². The first-order valence-electron chi connectivity index (χ1n) is 8.98. The standard InChI is InChI=1S/C16H26N4O3S2/c1-3-6-17-15-19-20-16(24-15)25(22,23)9-14(21)18-10(2)13-8-11-4-5-12(13)7-11/h10-13H,3-9H2,1-2H3,(H,17,19)(H,18,21). The van der Waals surface area contributed by atoms with Gasteiger partial charge in [0.05, 0.1) is 0 Å². The highest BCUT2D eigenvalue weighted by atomic mass is 32.2. The molecule has 140 valence electrons. The van der Waals surface area contributed by atoms with Gasteiger partial charge < -0.3 is 10.6 Å². The van der Waals surface area contributed by atoms with Crippen molar-refractivity contribution in [1.82, 2.24) is 15.5 Å². The van der Waals surface area contributed by atoms with Crippen molar-refractivity contribution in [2.75, 3.05) is 17.6 Å². The molecule has 7 nitrogen and oxygen atoms in total. The van der Waals surface area contributed by atoms with E-state index in [0.717, 1.165) is 30.1 Å². The van der Waals surface area contributed by atoms with Crippen molar-refractivity contribution in [3.63, 3.8) is 0 Å². The average Bonchev–Trinajstić information content (AvgIpc) is 3.28. The zero-order valence-corrected chi connectivity index (χ0v) is 16.3. The van der Waals surface area contributed by atoms with E-state index in [1.807, 2.05) is 13.8 Å². The highest BCUT2D eigenvalue weighted by molar-refractivity contribution is 7.94. The van der Waals surface area contributed by atoms with Crippen molar-refractivity contribution in [1.29, 1.82) is 0 Å². The second-order valence-electron chi connectivity index (χ2n) is 7.25. The fraction of sp³-hybridized carbons (Fsp3) is 0.812. The Balaban J connectivity index is 1.55. The summed E-state index contributed by atoms with van der Waals surface area (Å²) in [5.74, 6) is 0.951. The van der Waals surface area contributed by atoms with Crippen LogP contribution in [0.3, 0.4) is 0 Å². The van der Waals surface area contributed by atoms with Gasteiger partial charge in [-0.25, -0.2) is 8.42 Å². The zero-order valence-electron chi connectivity index (χ0n) is 14.7. The molecule has 9 heteroatoms. The maximum atomic E-state index is 12.4. The second kappa shape index (κ2) is 7.57. The third-order valence-electron chi connectivity index (χ3n) is 5.34. The number of sulfone groups is 1. The first-order valence-corrected chi connectivity index (χ1v) is 11.5. The highest BCUT2D eigenvalue weighted by Crippen LogP contribution is 2.49. The number of fused-ring (bicyclic) bond motifs is 2. The average molecular weight is 387 g/mol. The maximum Gasteiger partial charge on any atom is 0.235 e. The van der Waals surface area contributed by atoms with Crippen LogP contribution < -0.4 is 10.6 Å². The molecule has 4 atom stereocenters. The fourth-order valence-corrected chi connectivity index (χ4v) is 6.32. The summed E-state index contributed by atoms with van der Waals surface area (Å²) in [6.45, 7) is 4.71. The van der Waals surface area contributed by atoms with Crippen LogP contribution in [0.5, 0.6) is 0 Å². The quantitative estimate of drug-likeness (QED) is 0.709. The number of hydrogen-bond acceptors (Lipinski definition) is 7. The van der Waals surface area contributed by atoms with Crippen LogP contribution in [-0.2, 0) is 14.6 Å². The molecule has 4 unspecified atom stereocenters. The van der Waals surface area contributed by atoms with Gasteiger partial charge >= 0.3 is 0 Å². The number of rotatable bonds is 8. The molecule has 1 amide bonds. The molecule has 0 radical (unpaired) electrons. The minimum atomic E-state index is -3.75. The number of nitrogens with one attached hydrogen (secondary N) is 2. The smallest absolute Gasteiger partial charge is 0.235 e. The Morgan fingerprint density at radius 2 is 2.12 bits per heavy atom. The van der Waals surface area contributed by atoms with Gasteiger partial charge in [-0.3, -0.25) is 4.79 Å². The Hall–Kier alpha value is -1.22. The van der Waals surface area contributed by atoms with Crippen molar-refractivity contribution >= 4 is 32.2 Å². The van der Waals surface area contributed by atoms with E-state index in [1.165, 1.54) is 19.3 Å².